The van der Waals surface area contributed by atoms with Crippen LogP contribution >= 0.6 is 35.0 Å². The highest BCUT2D eigenvalue weighted by molar-refractivity contribution is 8.25. The first-order valence-electron chi connectivity index (χ1n) is 8.64. The molecule has 2 heterocycles. The van der Waals surface area contributed by atoms with Crippen LogP contribution in [-0.2, 0) is 11.4 Å². The number of rotatable bonds is 5. The van der Waals surface area contributed by atoms with Crippen LogP contribution in [0.2, 0.25) is 10.0 Å². The van der Waals surface area contributed by atoms with Crippen molar-refractivity contribution in [2.24, 2.45) is 10.1 Å². The minimum atomic E-state index is -0.489. The van der Waals surface area contributed by atoms with E-state index in [1.54, 1.807) is 42.5 Å². The second kappa shape index (κ2) is 8.51. The van der Waals surface area contributed by atoms with Gasteiger partial charge in [0, 0.05) is 15.6 Å². The molecular formula is C20H14Cl2N4O3S. The number of benzene rings is 2. The molecule has 2 aliphatic heterocycles. The molecule has 4 rings (SSSR count). The fourth-order valence-corrected chi connectivity index (χ4v) is 3.93. The largest absolute Gasteiger partial charge is 0.493 e. The first-order chi connectivity index (χ1) is 14.5. The molecule has 0 aromatic heterocycles. The molecule has 152 valence electrons. The van der Waals surface area contributed by atoms with E-state index in [0.29, 0.717) is 37.8 Å². The van der Waals surface area contributed by atoms with Gasteiger partial charge in [0.2, 0.25) is 0 Å². The van der Waals surface area contributed by atoms with E-state index in [2.05, 4.69) is 10.1 Å². The zero-order chi connectivity index (χ0) is 21.3. The summed E-state index contributed by atoms with van der Waals surface area (Å²) in [6.07, 6.45) is 1.57. The topological polar surface area (TPSA) is 87.3 Å². The first-order valence-corrected chi connectivity index (χ1v) is 10.3. The third-order valence-electron chi connectivity index (χ3n) is 4.33. The van der Waals surface area contributed by atoms with E-state index in [1.807, 2.05) is 0 Å². The number of fused-ring (bicyclic) bond motifs is 1. The molecule has 7 nitrogen and oxygen atoms in total. The molecular weight excluding hydrogens is 447 g/mol. The molecule has 0 unspecified atom stereocenters. The van der Waals surface area contributed by atoms with Gasteiger partial charge in [-0.25, -0.2) is 0 Å². The minimum Gasteiger partial charge on any atom is -0.493 e. The van der Waals surface area contributed by atoms with E-state index in [1.165, 1.54) is 29.4 Å². The zero-order valence-corrected chi connectivity index (χ0v) is 17.9. The Balaban J connectivity index is 1.58. The van der Waals surface area contributed by atoms with Crippen LogP contribution in [0.15, 0.2) is 52.1 Å². The third-order valence-corrected chi connectivity index (χ3v) is 5.71. The van der Waals surface area contributed by atoms with E-state index in [4.69, 9.17) is 38.1 Å². The summed E-state index contributed by atoms with van der Waals surface area (Å²) in [5.41, 5.74) is 2.99. The number of halogens is 2. The van der Waals surface area contributed by atoms with Crippen LogP contribution in [0.4, 0.5) is 0 Å². The van der Waals surface area contributed by atoms with Crippen LogP contribution in [0.1, 0.15) is 11.1 Å². The molecule has 2 aliphatic rings. The van der Waals surface area contributed by atoms with Gasteiger partial charge in [-0.15, -0.1) is 0 Å². The summed E-state index contributed by atoms with van der Waals surface area (Å²) in [7, 11) is 1.52. The smallest absolute Gasteiger partial charge is 0.283 e. The number of aliphatic imine (C=N–C) groups is 1. The fourth-order valence-electron chi connectivity index (χ4n) is 2.82. The highest BCUT2D eigenvalue weighted by atomic mass is 35.5. The van der Waals surface area contributed by atoms with Crippen molar-refractivity contribution in [3.63, 3.8) is 0 Å². The number of nitrogens with one attached hydrogen (secondary N) is 1. The summed E-state index contributed by atoms with van der Waals surface area (Å²) < 4.78 is 11.3. The SMILES string of the molecule is COc1cc(/C=C2/C(=N)N3N=CSC3=NC2=O)ccc1OCc1c(Cl)cccc1Cl. The van der Waals surface area contributed by atoms with Crippen LogP contribution < -0.4 is 9.47 Å². The van der Waals surface area contributed by atoms with Crippen LogP contribution in [0.5, 0.6) is 11.5 Å². The maximum absolute atomic E-state index is 12.3. The molecule has 0 atom stereocenters. The highest BCUT2D eigenvalue weighted by Gasteiger charge is 2.32. The van der Waals surface area contributed by atoms with Crippen molar-refractivity contribution in [1.82, 2.24) is 5.01 Å². The summed E-state index contributed by atoms with van der Waals surface area (Å²) in [4.78, 5) is 16.3. The lowest BCUT2D eigenvalue weighted by molar-refractivity contribution is -0.114. The molecule has 10 heteroatoms. The normalized spacial score (nSPS) is 16.7. The van der Waals surface area contributed by atoms with Gasteiger partial charge in [-0.2, -0.15) is 15.1 Å². The zero-order valence-electron chi connectivity index (χ0n) is 15.6. The van der Waals surface area contributed by atoms with Gasteiger partial charge in [-0.05, 0) is 47.7 Å². The Morgan fingerprint density at radius 2 is 1.97 bits per heavy atom. The number of hydrogen-bond donors (Lipinski definition) is 1. The predicted octanol–water partition coefficient (Wildman–Crippen LogP) is 4.83. The second-order valence-corrected chi connectivity index (χ2v) is 7.78. The fraction of sp³-hybridized carbons (Fsp3) is 0.100. The molecule has 0 bridgehead atoms. The number of nitrogens with zero attached hydrogens (tertiary/aromatic N) is 3. The molecule has 2 aromatic carbocycles. The van der Waals surface area contributed by atoms with Crippen molar-refractivity contribution in [3.8, 4) is 11.5 Å². The van der Waals surface area contributed by atoms with E-state index >= 15 is 0 Å². The summed E-state index contributed by atoms with van der Waals surface area (Å²) in [5, 5.41) is 15.0. The Kier molecular flexibility index (Phi) is 5.80. The molecule has 0 aliphatic carbocycles. The molecule has 0 fully saturated rings. The summed E-state index contributed by atoms with van der Waals surface area (Å²) >= 11 is 13.6. The standard InChI is InChI=1S/C20H14Cl2N4O3S/c1-28-17-8-11(7-12-18(23)26-20(25-19(12)27)30-10-24-26)5-6-16(17)29-9-13-14(21)3-2-4-15(13)22/h2-8,10,23H,9H2,1H3/b12-7-,23-18?. The van der Waals surface area contributed by atoms with Crippen molar-refractivity contribution in [1.29, 1.82) is 5.41 Å². The molecule has 1 N–H and O–H groups in total. The third kappa shape index (κ3) is 3.94. The van der Waals surface area contributed by atoms with Crippen molar-refractivity contribution in [2.75, 3.05) is 7.11 Å². The minimum absolute atomic E-state index is 0.0288. The van der Waals surface area contributed by atoms with Crippen molar-refractivity contribution in [2.45, 2.75) is 6.61 Å². The molecule has 30 heavy (non-hydrogen) atoms. The van der Waals surface area contributed by atoms with Crippen molar-refractivity contribution < 1.29 is 14.3 Å². The quantitative estimate of drug-likeness (QED) is 0.645. The number of amidine groups is 2. The number of amides is 1. The second-order valence-electron chi connectivity index (χ2n) is 6.16. The number of hydrogen-bond acceptors (Lipinski definition) is 6. The van der Waals surface area contributed by atoms with Gasteiger partial charge in [0.1, 0.15) is 6.61 Å². The average molecular weight is 461 g/mol. The summed E-state index contributed by atoms with van der Waals surface area (Å²) in [6.45, 7) is 0.167. The van der Waals surface area contributed by atoms with Gasteiger partial charge in [-0.1, -0.05) is 35.3 Å². The van der Waals surface area contributed by atoms with E-state index < -0.39 is 5.91 Å². The van der Waals surface area contributed by atoms with Crippen LogP contribution in [-0.4, -0.2) is 34.6 Å². The summed E-state index contributed by atoms with van der Waals surface area (Å²) in [5.74, 6) is 0.429. The number of hydrazone groups is 1. The van der Waals surface area contributed by atoms with Gasteiger partial charge in [-0.3, -0.25) is 10.2 Å². The first kappa shape index (κ1) is 20.5. The lowest BCUT2D eigenvalue weighted by atomic mass is 10.1. The molecule has 0 saturated carbocycles. The van der Waals surface area contributed by atoms with E-state index in [-0.39, 0.29) is 18.0 Å². The highest BCUT2D eigenvalue weighted by Crippen LogP contribution is 2.32. The number of methoxy groups -OCH3 is 1. The lowest BCUT2D eigenvalue weighted by Crippen LogP contribution is -2.35. The molecule has 0 saturated heterocycles. The average Bonchev–Trinajstić information content (AvgIpc) is 3.19. The molecule has 0 spiro atoms. The van der Waals surface area contributed by atoms with Crippen molar-refractivity contribution in [3.05, 3.63) is 63.1 Å². The summed E-state index contributed by atoms with van der Waals surface area (Å²) in [6, 6.07) is 10.4. The predicted molar refractivity (Wildman–Crippen MR) is 120 cm³/mol. The Labute approximate surface area is 186 Å². The maximum Gasteiger partial charge on any atom is 0.283 e. The van der Waals surface area contributed by atoms with Crippen LogP contribution in [0, 0.1) is 5.41 Å². The van der Waals surface area contributed by atoms with Gasteiger partial charge >= 0.3 is 0 Å². The Morgan fingerprint density at radius 1 is 1.20 bits per heavy atom. The van der Waals surface area contributed by atoms with E-state index in [9.17, 15) is 4.79 Å². The maximum atomic E-state index is 12.3. The molecule has 2 aromatic rings. The molecule has 0 radical (unpaired) electrons. The lowest BCUT2D eigenvalue weighted by Gasteiger charge is -2.20. The number of ether oxygens (including phenoxy) is 2. The Hall–Kier alpha value is -2.81. The Morgan fingerprint density at radius 3 is 2.70 bits per heavy atom. The van der Waals surface area contributed by atoms with E-state index in [0.717, 1.165) is 0 Å². The van der Waals surface area contributed by atoms with Crippen LogP contribution in [0.3, 0.4) is 0 Å². The monoisotopic (exact) mass is 460 g/mol. The van der Waals surface area contributed by atoms with Gasteiger partial charge < -0.3 is 9.47 Å². The van der Waals surface area contributed by atoms with Gasteiger partial charge in [0.25, 0.3) is 5.91 Å². The van der Waals surface area contributed by atoms with Gasteiger partial charge in [0.05, 0.1) is 18.2 Å². The van der Waals surface area contributed by atoms with Crippen LogP contribution in [0.25, 0.3) is 6.08 Å². The number of carbonyl (C=O) groups is 1. The number of carbonyl (C=O) groups excluding carboxylic acids is 1. The van der Waals surface area contributed by atoms with Crippen molar-refractivity contribution >= 4 is 63.5 Å². The Bertz CT molecular complexity index is 1130. The molecule has 1 amide bonds. The number of thioether (sulfide) groups is 1. The van der Waals surface area contributed by atoms with Gasteiger partial charge in [0.15, 0.2) is 22.5 Å².